The minimum Gasteiger partial charge on any atom is -0.398 e. The van der Waals surface area contributed by atoms with Crippen molar-refractivity contribution in [3.63, 3.8) is 0 Å². The van der Waals surface area contributed by atoms with E-state index in [4.69, 9.17) is 18.9 Å². The maximum atomic E-state index is 11.7. The monoisotopic (exact) mass is 311 g/mol. The second kappa shape index (κ2) is 5.52. The molecular formula is C13H13NO8. The molecule has 0 aromatic heterocycles. The van der Waals surface area contributed by atoms with E-state index in [0.717, 1.165) is 0 Å². The molecule has 0 unspecified atom stereocenters. The lowest BCUT2D eigenvalue weighted by atomic mass is 10.00. The highest BCUT2D eigenvalue weighted by Gasteiger charge is 2.55. The molecule has 0 amide bonds. The first kappa shape index (κ1) is 14.7. The van der Waals surface area contributed by atoms with Crippen molar-refractivity contribution < 1.29 is 33.8 Å². The first-order valence-electron chi connectivity index (χ1n) is 6.59. The van der Waals surface area contributed by atoms with Crippen LogP contribution in [-0.2, 0) is 14.2 Å². The minimum absolute atomic E-state index is 0.0670. The van der Waals surface area contributed by atoms with Gasteiger partial charge in [0.25, 0.3) is 5.69 Å². The zero-order valence-corrected chi connectivity index (χ0v) is 11.3. The lowest BCUT2D eigenvalue weighted by molar-refractivity contribution is -0.384. The predicted octanol–water partition coefficient (Wildman–Crippen LogP) is 1.19. The molecule has 22 heavy (non-hydrogen) atoms. The molecule has 3 rings (SSSR count). The number of benzene rings is 1. The third kappa shape index (κ3) is 2.73. The Labute approximate surface area is 124 Å². The highest BCUT2D eigenvalue weighted by Crippen LogP contribution is 2.39. The van der Waals surface area contributed by atoms with E-state index in [9.17, 15) is 20.0 Å². The van der Waals surface area contributed by atoms with E-state index < -0.39 is 29.1 Å². The molecule has 0 bridgehead atoms. The molecule has 1 N–H and O–H groups in total. The number of fused-ring (bicyclic) bond motifs is 1. The van der Waals surface area contributed by atoms with Crippen LogP contribution in [0.15, 0.2) is 24.3 Å². The number of aliphatic hydroxyl groups is 1. The number of carbonyl (C=O) groups is 1. The molecule has 9 heteroatoms. The van der Waals surface area contributed by atoms with Gasteiger partial charge in [0.05, 0.1) is 17.4 Å². The maximum absolute atomic E-state index is 11.7. The molecular weight excluding hydrogens is 298 g/mol. The Morgan fingerprint density at radius 1 is 1.36 bits per heavy atom. The Hall–Kier alpha value is -2.23. The summed E-state index contributed by atoms with van der Waals surface area (Å²) in [5, 5.41) is 20.8. The van der Waals surface area contributed by atoms with E-state index in [0.29, 0.717) is 13.0 Å². The Kier molecular flexibility index (Phi) is 3.69. The van der Waals surface area contributed by atoms with Crippen molar-refractivity contribution in [2.45, 2.75) is 18.5 Å². The summed E-state index contributed by atoms with van der Waals surface area (Å²) in [6.45, 7) is 0.218. The number of hydrogen-bond donors (Lipinski definition) is 1. The van der Waals surface area contributed by atoms with Crippen molar-refractivity contribution >= 4 is 11.8 Å². The van der Waals surface area contributed by atoms with E-state index >= 15 is 0 Å². The van der Waals surface area contributed by atoms with Crippen LogP contribution in [0.25, 0.3) is 0 Å². The average molecular weight is 311 g/mol. The summed E-state index contributed by atoms with van der Waals surface area (Å²) in [4.78, 5) is 21.7. The Balaban J connectivity index is 1.61. The second-order valence-corrected chi connectivity index (χ2v) is 5.00. The molecule has 118 valence electrons. The molecule has 2 saturated heterocycles. The van der Waals surface area contributed by atoms with Crippen molar-refractivity contribution in [3.8, 4) is 5.75 Å². The SMILES string of the molecule is O=C(Oc1ccc([N+](=O)[O-])cc1)O[C@@]1(O)CO[C@H]2OCC[C@@H]21. The number of non-ortho nitro benzene ring substituents is 1. The van der Waals surface area contributed by atoms with Crippen LogP contribution < -0.4 is 4.74 Å². The molecule has 1 aromatic carbocycles. The van der Waals surface area contributed by atoms with Gasteiger partial charge in [-0.1, -0.05) is 0 Å². The number of ether oxygens (including phenoxy) is 4. The van der Waals surface area contributed by atoms with Gasteiger partial charge in [0.1, 0.15) is 12.4 Å². The molecule has 0 saturated carbocycles. The summed E-state index contributed by atoms with van der Waals surface area (Å²) >= 11 is 0. The number of carbonyl (C=O) groups excluding carboxylic acids is 1. The zero-order chi connectivity index (χ0) is 15.7. The third-order valence-corrected chi connectivity index (χ3v) is 3.58. The van der Waals surface area contributed by atoms with Gasteiger partial charge in [-0.3, -0.25) is 10.1 Å². The van der Waals surface area contributed by atoms with E-state index in [1.165, 1.54) is 24.3 Å². The molecule has 2 fully saturated rings. The first-order valence-corrected chi connectivity index (χ1v) is 6.59. The van der Waals surface area contributed by atoms with E-state index in [-0.39, 0.29) is 18.0 Å². The van der Waals surface area contributed by atoms with Crippen LogP contribution in [0.1, 0.15) is 6.42 Å². The number of nitro benzene ring substituents is 1. The number of hydrogen-bond acceptors (Lipinski definition) is 8. The summed E-state index contributed by atoms with van der Waals surface area (Å²) in [6, 6.07) is 4.90. The fraction of sp³-hybridized carbons (Fsp3) is 0.462. The van der Waals surface area contributed by atoms with Crippen molar-refractivity contribution in [2.24, 2.45) is 5.92 Å². The Bertz CT molecular complexity index is 588. The highest BCUT2D eigenvalue weighted by atomic mass is 16.8. The van der Waals surface area contributed by atoms with Crippen LogP contribution in [0.4, 0.5) is 10.5 Å². The second-order valence-electron chi connectivity index (χ2n) is 5.00. The van der Waals surface area contributed by atoms with E-state index in [1.807, 2.05) is 0 Å². The summed E-state index contributed by atoms with van der Waals surface area (Å²) in [6.07, 6.45) is -1.20. The van der Waals surface area contributed by atoms with Gasteiger partial charge in [-0.2, -0.15) is 0 Å². The fourth-order valence-electron chi connectivity index (χ4n) is 2.48. The normalized spacial score (nSPS) is 29.9. The standard InChI is InChI=1S/C13H13NO8/c15-12(21-9-3-1-8(2-4-9)14(17)18)22-13(16)7-20-11-10(13)5-6-19-11/h1-4,10-11,16H,5-7H2/t10-,11+,13-/m0/s1. The number of rotatable bonds is 3. The summed E-state index contributed by atoms with van der Waals surface area (Å²) in [7, 11) is 0. The van der Waals surface area contributed by atoms with Crippen LogP contribution in [-0.4, -0.2) is 41.5 Å². The van der Waals surface area contributed by atoms with Gasteiger partial charge in [0, 0.05) is 12.1 Å². The molecule has 2 aliphatic rings. The summed E-state index contributed by atoms with van der Waals surface area (Å²) < 4.78 is 20.3. The van der Waals surface area contributed by atoms with E-state index in [1.54, 1.807) is 0 Å². The molecule has 2 aliphatic heterocycles. The topological polar surface area (TPSA) is 117 Å². The molecule has 0 radical (unpaired) electrons. The fourth-order valence-corrected chi connectivity index (χ4v) is 2.48. The van der Waals surface area contributed by atoms with Crippen LogP contribution >= 0.6 is 0 Å². The molecule has 2 heterocycles. The van der Waals surface area contributed by atoms with Gasteiger partial charge in [0.15, 0.2) is 6.29 Å². The molecule has 0 aliphatic carbocycles. The van der Waals surface area contributed by atoms with Gasteiger partial charge in [0.2, 0.25) is 5.79 Å². The van der Waals surface area contributed by atoms with Crippen LogP contribution in [0.2, 0.25) is 0 Å². The highest BCUT2D eigenvalue weighted by molar-refractivity contribution is 5.64. The zero-order valence-electron chi connectivity index (χ0n) is 11.3. The Morgan fingerprint density at radius 3 is 2.77 bits per heavy atom. The van der Waals surface area contributed by atoms with Crippen molar-refractivity contribution in [1.29, 1.82) is 0 Å². The number of nitro groups is 1. The van der Waals surface area contributed by atoms with Crippen molar-refractivity contribution in [3.05, 3.63) is 34.4 Å². The summed E-state index contributed by atoms with van der Waals surface area (Å²) in [5.41, 5.74) is -0.130. The average Bonchev–Trinajstić information content (AvgIpc) is 3.04. The lowest BCUT2D eigenvalue weighted by Crippen LogP contribution is -2.43. The Morgan fingerprint density at radius 2 is 2.09 bits per heavy atom. The predicted molar refractivity (Wildman–Crippen MR) is 69.0 cm³/mol. The van der Waals surface area contributed by atoms with Crippen LogP contribution in [0.5, 0.6) is 5.75 Å². The van der Waals surface area contributed by atoms with Crippen LogP contribution in [0, 0.1) is 16.0 Å². The molecule has 0 spiro atoms. The quantitative estimate of drug-likeness (QED) is 0.291. The van der Waals surface area contributed by atoms with Gasteiger partial charge >= 0.3 is 6.16 Å². The molecule has 9 nitrogen and oxygen atoms in total. The van der Waals surface area contributed by atoms with Gasteiger partial charge in [-0.25, -0.2) is 4.79 Å². The van der Waals surface area contributed by atoms with Gasteiger partial charge in [-0.15, -0.1) is 0 Å². The summed E-state index contributed by atoms with van der Waals surface area (Å²) in [5.74, 6) is -2.19. The molecule has 1 aromatic rings. The smallest absolute Gasteiger partial charge is 0.398 e. The maximum Gasteiger partial charge on any atom is 0.516 e. The minimum atomic E-state index is -1.79. The number of nitrogens with zero attached hydrogens (tertiary/aromatic N) is 1. The first-order chi connectivity index (χ1) is 10.5. The van der Waals surface area contributed by atoms with Gasteiger partial charge in [-0.05, 0) is 18.6 Å². The van der Waals surface area contributed by atoms with Crippen molar-refractivity contribution in [2.75, 3.05) is 13.2 Å². The van der Waals surface area contributed by atoms with Gasteiger partial charge < -0.3 is 24.1 Å². The lowest BCUT2D eigenvalue weighted by Gasteiger charge is -2.25. The van der Waals surface area contributed by atoms with Crippen LogP contribution in [0.3, 0.4) is 0 Å². The van der Waals surface area contributed by atoms with Crippen molar-refractivity contribution in [1.82, 2.24) is 0 Å². The third-order valence-electron chi connectivity index (χ3n) is 3.58. The van der Waals surface area contributed by atoms with E-state index in [2.05, 4.69) is 0 Å². The largest absolute Gasteiger partial charge is 0.516 e. The molecule has 3 atom stereocenters.